The number of likely N-dealkylation sites (tertiary alicyclic amines) is 1. The molecule has 0 aromatic heterocycles. The molecule has 2 N–H and O–H groups in total. The Balaban J connectivity index is 0.00000264. The van der Waals surface area contributed by atoms with E-state index in [9.17, 15) is 9.59 Å². The molecule has 2 amide bonds. The maximum Gasteiger partial charge on any atom is 0.222 e. The van der Waals surface area contributed by atoms with Crippen LogP contribution in [0.5, 0.6) is 0 Å². The van der Waals surface area contributed by atoms with Gasteiger partial charge in [0.1, 0.15) is 0 Å². The third kappa shape index (κ3) is 6.68. The van der Waals surface area contributed by atoms with E-state index in [1.165, 1.54) is 6.42 Å². The van der Waals surface area contributed by atoms with Crippen LogP contribution in [0.4, 0.5) is 0 Å². The first-order valence-electron chi connectivity index (χ1n) is 8.82. The summed E-state index contributed by atoms with van der Waals surface area (Å²) < 4.78 is 0. The van der Waals surface area contributed by atoms with Crippen LogP contribution in [-0.2, 0) is 9.59 Å². The van der Waals surface area contributed by atoms with E-state index < -0.39 is 0 Å². The molecule has 2 aliphatic rings. The molecule has 2 heterocycles. The number of hydrogen-bond acceptors (Lipinski definition) is 3. The first kappa shape index (κ1) is 20.2. The minimum Gasteiger partial charge on any atom is -0.356 e. The normalized spacial score (nSPS) is 24.4. The quantitative estimate of drug-likeness (QED) is 0.771. The van der Waals surface area contributed by atoms with Crippen molar-refractivity contribution in [3.8, 4) is 0 Å². The molecule has 2 unspecified atom stereocenters. The van der Waals surface area contributed by atoms with Crippen LogP contribution in [0.15, 0.2) is 0 Å². The number of piperidine rings is 1. The maximum atomic E-state index is 12.4. The zero-order chi connectivity index (χ0) is 15.9. The van der Waals surface area contributed by atoms with Crippen LogP contribution in [0, 0.1) is 17.8 Å². The highest BCUT2D eigenvalue weighted by Crippen LogP contribution is 2.19. The van der Waals surface area contributed by atoms with Gasteiger partial charge in [-0.3, -0.25) is 9.59 Å². The Morgan fingerprint density at radius 2 is 2.04 bits per heavy atom. The van der Waals surface area contributed by atoms with Gasteiger partial charge < -0.3 is 15.5 Å². The zero-order valence-electron chi connectivity index (χ0n) is 14.5. The second-order valence-corrected chi connectivity index (χ2v) is 7.15. The summed E-state index contributed by atoms with van der Waals surface area (Å²) in [7, 11) is 0. The summed E-state index contributed by atoms with van der Waals surface area (Å²) in [6.45, 7) is 8.37. The molecule has 2 fully saturated rings. The lowest BCUT2D eigenvalue weighted by Gasteiger charge is -2.33. The molecule has 0 aromatic carbocycles. The van der Waals surface area contributed by atoms with Gasteiger partial charge in [-0.25, -0.2) is 0 Å². The Bertz CT molecular complexity index is 384. The smallest absolute Gasteiger partial charge is 0.222 e. The number of nitrogens with one attached hydrogen (secondary N) is 2. The number of carbonyl (C=O) groups excluding carboxylic acids is 2. The minimum absolute atomic E-state index is 0. The molecule has 134 valence electrons. The van der Waals surface area contributed by atoms with E-state index in [-0.39, 0.29) is 24.2 Å². The molecular formula is C17H32ClN3O2. The van der Waals surface area contributed by atoms with E-state index >= 15 is 0 Å². The third-order valence-corrected chi connectivity index (χ3v) is 4.89. The van der Waals surface area contributed by atoms with Crippen LogP contribution in [0.25, 0.3) is 0 Å². The summed E-state index contributed by atoms with van der Waals surface area (Å²) in [6.07, 6.45) is 5.05. The van der Waals surface area contributed by atoms with Crippen LogP contribution < -0.4 is 10.6 Å². The summed E-state index contributed by atoms with van der Waals surface area (Å²) in [4.78, 5) is 26.0. The fourth-order valence-corrected chi connectivity index (χ4v) is 3.35. The first-order chi connectivity index (χ1) is 10.6. The molecule has 0 bridgehead atoms. The van der Waals surface area contributed by atoms with E-state index in [0.717, 1.165) is 45.4 Å². The molecule has 2 saturated heterocycles. The summed E-state index contributed by atoms with van der Waals surface area (Å²) in [5, 5.41) is 6.36. The number of amides is 2. The van der Waals surface area contributed by atoms with Crippen molar-refractivity contribution in [2.45, 2.75) is 46.0 Å². The maximum absolute atomic E-state index is 12.4. The van der Waals surface area contributed by atoms with Gasteiger partial charge in [-0.15, -0.1) is 12.4 Å². The topological polar surface area (TPSA) is 61.4 Å². The standard InChI is InChI=1S/C17H31N3O2.ClH/c1-13(2)17(22)19-11-15-4-3-9-20(12-15)16(21)6-5-14-7-8-18-10-14;/h13-15,18H,3-12H2,1-2H3,(H,19,22);1H. The lowest BCUT2D eigenvalue weighted by atomic mass is 9.96. The lowest BCUT2D eigenvalue weighted by Crippen LogP contribution is -2.44. The van der Waals surface area contributed by atoms with Gasteiger partial charge in [-0.1, -0.05) is 13.8 Å². The summed E-state index contributed by atoms with van der Waals surface area (Å²) >= 11 is 0. The molecule has 5 nitrogen and oxygen atoms in total. The molecular weight excluding hydrogens is 314 g/mol. The summed E-state index contributed by atoms with van der Waals surface area (Å²) in [5.41, 5.74) is 0. The fourth-order valence-electron chi connectivity index (χ4n) is 3.35. The predicted octanol–water partition coefficient (Wildman–Crippen LogP) is 1.81. The van der Waals surface area contributed by atoms with Crippen LogP contribution in [-0.4, -0.2) is 49.4 Å². The van der Waals surface area contributed by atoms with Crippen LogP contribution in [0.2, 0.25) is 0 Å². The van der Waals surface area contributed by atoms with Gasteiger partial charge in [0.15, 0.2) is 0 Å². The van der Waals surface area contributed by atoms with Crippen molar-refractivity contribution in [1.82, 2.24) is 15.5 Å². The van der Waals surface area contributed by atoms with Crippen molar-refractivity contribution in [1.29, 1.82) is 0 Å². The van der Waals surface area contributed by atoms with Gasteiger partial charge >= 0.3 is 0 Å². The van der Waals surface area contributed by atoms with Gasteiger partial charge in [0.25, 0.3) is 0 Å². The monoisotopic (exact) mass is 345 g/mol. The Morgan fingerprint density at radius 1 is 1.26 bits per heavy atom. The molecule has 2 atom stereocenters. The van der Waals surface area contributed by atoms with E-state index in [2.05, 4.69) is 10.6 Å². The molecule has 0 spiro atoms. The Hall–Kier alpha value is -0.810. The van der Waals surface area contributed by atoms with E-state index in [4.69, 9.17) is 0 Å². The second-order valence-electron chi connectivity index (χ2n) is 7.15. The summed E-state index contributed by atoms with van der Waals surface area (Å²) in [6, 6.07) is 0. The highest BCUT2D eigenvalue weighted by molar-refractivity contribution is 5.85. The lowest BCUT2D eigenvalue weighted by molar-refractivity contribution is -0.133. The Kier molecular flexibility index (Phi) is 8.92. The largest absolute Gasteiger partial charge is 0.356 e. The molecule has 0 aliphatic carbocycles. The molecule has 6 heteroatoms. The van der Waals surface area contributed by atoms with Crippen LogP contribution >= 0.6 is 12.4 Å². The second kappa shape index (κ2) is 10.1. The minimum atomic E-state index is 0. The average Bonchev–Trinajstić information content (AvgIpc) is 3.03. The van der Waals surface area contributed by atoms with Crippen LogP contribution in [0.1, 0.15) is 46.0 Å². The van der Waals surface area contributed by atoms with Crippen molar-refractivity contribution in [2.75, 3.05) is 32.7 Å². The van der Waals surface area contributed by atoms with Gasteiger partial charge in [0.2, 0.25) is 11.8 Å². The van der Waals surface area contributed by atoms with E-state index in [0.29, 0.717) is 30.7 Å². The van der Waals surface area contributed by atoms with Crippen LogP contribution in [0.3, 0.4) is 0 Å². The predicted molar refractivity (Wildman–Crippen MR) is 94.6 cm³/mol. The van der Waals surface area contributed by atoms with Crippen molar-refractivity contribution in [3.63, 3.8) is 0 Å². The van der Waals surface area contributed by atoms with Gasteiger partial charge in [-0.2, -0.15) is 0 Å². The van der Waals surface area contributed by atoms with Crippen molar-refractivity contribution >= 4 is 24.2 Å². The number of rotatable bonds is 6. The number of carbonyl (C=O) groups is 2. The average molecular weight is 346 g/mol. The number of halogens is 1. The first-order valence-corrected chi connectivity index (χ1v) is 8.82. The van der Waals surface area contributed by atoms with Crippen molar-refractivity contribution < 1.29 is 9.59 Å². The summed E-state index contributed by atoms with van der Waals surface area (Å²) in [5.74, 6) is 1.52. The molecule has 0 radical (unpaired) electrons. The fraction of sp³-hybridized carbons (Fsp3) is 0.882. The molecule has 0 aromatic rings. The van der Waals surface area contributed by atoms with E-state index in [1.54, 1.807) is 0 Å². The van der Waals surface area contributed by atoms with Crippen molar-refractivity contribution in [3.05, 3.63) is 0 Å². The third-order valence-electron chi connectivity index (χ3n) is 4.89. The highest BCUT2D eigenvalue weighted by Gasteiger charge is 2.25. The van der Waals surface area contributed by atoms with Crippen molar-refractivity contribution in [2.24, 2.45) is 17.8 Å². The Morgan fingerprint density at radius 3 is 2.70 bits per heavy atom. The van der Waals surface area contributed by atoms with E-state index in [1.807, 2.05) is 18.7 Å². The van der Waals surface area contributed by atoms with Gasteiger partial charge in [-0.05, 0) is 50.6 Å². The Labute approximate surface area is 146 Å². The SMILES string of the molecule is CC(C)C(=O)NCC1CCCN(C(=O)CCC2CCNC2)C1.Cl. The van der Waals surface area contributed by atoms with Gasteiger partial charge in [0, 0.05) is 32.0 Å². The zero-order valence-corrected chi connectivity index (χ0v) is 15.3. The molecule has 2 rings (SSSR count). The number of hydrogen-bond donors (Lipinski definition) is 2. The highest BCUT2D eigenvalue weighted by atomic mass is 35.5. The molecule has 2 aliphatic heterocycles. The molecule has 23 heavy (non-hydrogen) atoms. The van der Waals surface area contributed by atoms with Gasteiger partial charge in [0.05, 0.1) is 0 Å². The molecule has 0 saturated carbocycles. The number of nitrogens with zero attached hydrogens (tertiary/aromatic N) is 1.